The number of hydrogen-bond acceptors (Lipinski definition) is 4. The molecule has 1 aromatic heterocycles. The van der Waals surface area contributed by atoms with Gasteiger partial charge in [-0.05, 0) is 50.2 Å². The van der Waals surface area contributed by atoms with Crippen LogP contribution >= 0.6 is 0 Å². The van der Waals surface area contributed by atoms with Crippen molar-refractivity contribution >= 4 is 21.5 Å². The van der Waals surface area contributed by atoms with E-state index in [-0.39, 0.29) is 10.7 Å². The van der Waals surface area contributed by atoms with Gasteiger partial charge in [-0.3, -0.25) is 4.72 Å². The van der Waals surface area contributed by atoms with Crippen LogP contribution in [0.5, 0.6) is 0 Å². The molecule has 0 aliphatic heterocycles. The summed E-state index contributed by atoms with van der Waals surface area (Å²) in [6.45, 7) is 5.76. The molecule has 0 unspecified atom stereocenters. The first-order chi connectivity index (χ1) is 10.5. The third kappa shape index (κ3) is 3.73. The van der Waals surface area contributed by atoms with Gasteiger partial charge in [-0.1, -0.05) is 0 Å². The Morgan fingerprint density at radius 2 is 1.73 bits per heavy atom. The van der Waals surface area contributed by atoms with E-state index in [2.05, 4.69) is 14.6 Å². The molecule has 0 aliphatic rings. The molecule has 118 valence electrons. The van der Waals surface area contributed by atoms with Crippen LogP contribution in [0, 0.1) is 5.82 Å². The van der Waals surface area contributed by atoms with Gasteiger partial charge in [0.2, 0.25) is 0 Å². The maximum Gasteiger partial charge on any atom is 0.263 e. The lowest BCUT2D eigenvalue weighted by molar-refractivity contribution is 0.599. The second-order valence-electron chi connectivity index (χ2n) is 4.63. The van der Waals surface area contributed by atoms with Crippen molar-refractivity contribution in [3.8, 4) is 0 Å². The Morgan fingerprint density at radius 1 is 1.09 bits per heavy atom. The molecule has 1 aromatic carbocycles. The lowest BCUT2D eigenvalue weighted by Gasteiger charge is -2.20. The lowest BCUT2D eigenvalue weighted by Crippen LogP contribution is -2.22. The highest BCUT2D eigenvalue weighted by Gasteiger charge is 2.15. The average Bonchev–Trinajstić information content (AvgIpc) is 2.50. The molecule has 0 bridgehead atoms. The molecule has 0 saturated carbocycles. The second-order valence-corrected chi connectivity index (χ2v) is 6.32. The molecule has 0 radical (unpaired) electrons. The van der Waals surface area contributed by atoms with Crippen LogP contribution in [0.2, 0.25) is 0 Å². The van der Waals surface area contributed by atoms with Crippen molar-refractivity contribution in [1.82, 2.24) is 4.98 Å². The Morgan fingerprint density at radius 3 is 2.23 bits per heavy atom. The summed E-state index contributed by atoms with van der Waals surface area (Å²) in [7, 11) is -3.77. The quantitative estimate of drug-likeness (QED) is 0.888. The molecular formula is C15H18FN3O2S. The van der Waals surface area contributed by atoms with E-state index in [1.54, 1.807) is 12.3 Å². The molecule has 2 rings (SSSR count). The van der Waals surface area contributed by atoms with Crippen LogP contribution in [-0.2, 0) is 10.0 Å². The number of pyridine rings is 1. The van der Waals surface area contributed by atoms with Gasteiger partial charge in [0.1, 0.15) is 11.6 Å². The van der Waals surface area contributed by atoms with Crippen LogP contribution < -0.4 is 9.62 Å². The highest BCUT2D eigenvalue weighted by molar-refractivity contribution is 7.92. The zero-order chi connectivity index (χ0) is 16.2. The number of anilines is 2. The zero-order valence-corrected chi connectivity index (χ0v) is 13.3. The second kappa shape index (κ2) is 6.74. The molecule has 0 spiro atoms. The van der Waals surface area contributed by atoms with Crippen molar-refractivity contribution in [2.24, 2.45) is 0 Å². The molecule has 1 N–H and O–H groups in total. The summed E-state index contributed by atoms with van der Waals surface area (Å²) in [5, 5.41) is 0. The number of aromatic nitrogens is 1. The number of benzene rings is 1. The molecule has 1 heterocycles. The van der Waals surface area contributed by atoms with Crippen molar-refractivity contribution in [2.75, 3.05) is 22.7 Å². The first-order valence-corrected chi connectivity index (χ1v) is 8.44. The van der Waals surface area contributed by atoms with Crippen molar-refractivity contribution in [2.45, 2.75) is 18.7 Å². The van der Waals surface area contributed by atoms with Crippen LogP contribution in [0.15, 0.2) is 47.5 Å². The number of sulfonamides is 1. The van der Waals surface area contributed by atoms with E-state index >= 15 is 0 Å². The topological polar surface area (TPSA) is 62.3 Å². The molecule has 5 nitrogen and oxygen atoms in total. The molecule has 22 heavy (non-hydrogen) atoms. The molecule has 0 aliphatic carbocycles. The van der Waals surface area contributed by atoms with Crippen LogP contribution in [-0.4, -0.2) is 26.5 Å². The molecule has 0 saturated heterocycles. The van der Waals surface area contributed by atoms with Gasteiger partial charge in [-0.15, -0.1) is 0 Å². The lowest BCUT2D eigenvalue weighted by atomic mass is 10.3. The van der Waals surface area contributed by atoms with E-state index in [9.17, 15) is 12.8 Å². The van der Waals surface area contributed by atoms with E-state index in [1.807, 2.05) is 19.9 Å². The van der Waals surface area contributed by atoms with Gasteiger partial charge in [0.25, 0.3) is 10.0 Å². The maximum absolute atomic E-state index is 12.9. The summed E-state index contributed by atoms with van der Waals surface area (Å²) >= 11 is 0. The van der Waals surface area contributed by atoms with Crippen molar-refractivity contribution in [1.29, 1.82) is 0 Å². The van der Waals surface area contributed by atoms with Gasteiger partial charge in [0, 0.05) is 13.1 Å². The minimum Gasteiger partial charge on any atom is -0.371 e. The van der Waals surface area contributed by atoms with E-state index in [1.165, 1.54) is 12.1 Å². The van der Waals surface area contributed by atoms with Crippen molar-refractivity contribution in [3.63, 3.8) is 0 Å². The molecule has 0 fully saturated rings. The maximum atomic E-state index is 12.9. The fourth-order valence-corrected chi connectivity index (χ4v) is 3.04. The highest BCUT2D eigenvalue weighted by Crippen LogP contribution is 2.18. The average molecular weight is 323 g/mol. The minimum atomic E-state index is -3.77. The predicted octanol–water partition coefficient (Wildman–Crippen LogP) is 2.87. The Bertz CT molecular complexity index is 711. The molecule has 0 amide bonds. The number of nitrogens with one attached hydrogen (secondary N) is 1. The van der Waals surface area contributed by atoms with Crippen LogP contribution in [0.25, 0.3) is 0 Å². The number of hydrogen-bond donors (Lipinski definition) is 1. The fraction of sp³-hybridized carbons (Fsp3) is 0.267. The van der Waals surface area contributed by atoms with Crippen LogP contribution in [0.1, 0.15) is 13.8 Å². The summed E-state index contributed by atoms with van der Waals surface area (Å²) in [5.74, 6) is -0.263. The van der Waals surface area contributed by atoms with Gasteiger partial charge in [0.15, 0.2) is 0 Å². The summed E-state index contributed by atoms with van der Waals surface area (Å²) in [4.78, 5) is 6.21. The van der Waals surface area contributed by atoms with Gasteiger partial charge in [0.05, 0.1) is 16.8 Å². The van der Waals surface area contributed by atoms with Crippen molar-refractivity contribution < 1.29 is 12.8 Å². The first kappa shape index (κ1) is 16.2. The number of rotatable bonds is 6. The number of nitrogens with zero attached hydrogens (tertiary/aromatic N) is 2. The summed E-state index contributed by atoms with van der Waals surface area (Å²) in [6.07, 6.45) is 1.62. The smallest absolute Gasteiger partial charge is 0.263 e. The third-order valence-electron chi connectivity index (χ3n) is 3.24. The molecule has 0 atom stereocenters. The standard InChI is InChI=1S/C15H18FN3O2S/c1-3-19(4-2)13-7-10-15(17-11-13)18-22(20,21)14-8-5-12(16)6-9-14/h5-11H,3-4H2,1-2H3,(H,17,18). The van der Waals surface area contributed by atoms with Crippen molar-refractivity contribution in [3.05, 3.63) is 48.4 Å². The van der Waals surface area contributed by atoms with Gasteiger partial charge < -0.3 is 4.90 Å². The Balaban J connectivity index is 2.18. The zero-order valence-electron chi connectivity index (χ0n) is 12.5. The van der Waals surface area contributed by atoms with E-state index < -0.39 is 15.8 Å². The number of halogens is 1. The molecule has 2 aromatic rings. The SMILES string of the molecule is CCN(CC)c1ccc(NS(=O)(=O)c2ccc(F)cc2)nc1. The molecular weight excluding hydrogens is 305 g/mol. The Kier molecular flexibility index (Phi) is 4.97. The monoisotopic (exact) mass is 323 g/mol. The normalized spacial score (nSPS) is 11.2. The Hall–Kier alpha value is -2.15. The minimum absolute atomic E-state index is 0.0106. The summed E-state index contributed by atoms with van der Waals surface area (Å²) in [6, 6.07) is 8.04. The van der Waals surface area contributed by atoms with Gasteiger partial charge in [-0.2, -0.15) is 0 Å². The largest absolute Gasteiger partial charge is 0.371 e. The first-order valence-electron chi connectivity index (χ1n) is 6.95. The molecule has 7 heteroatoms. The third-order valence-corrected chi connectivity index (χ3v) is 4.61. The van der Waals surface area contributed by atoms with E-state index in [0.29, 0.717) is 0 Å². The van der Waals surface area contributed by atoms with Gasteiger partial charge >= 0.3 is 0 Å². The summed E-state index contributed by atoms with van der Waals surface area (Å²) < 4.78 is 39.6. The van der Waals surface area contributed by atoms with E-state index in [4.69, 9.17) is 0 Å². The predicted molar refractivity (Wildman–Crippen MR) is 85.0 cm³/mol. The van der Waals surface area contributed by atoms with Crippen LogP contribution in [0.3, 0.4) is 0 Å². The van der Waals surface area contributed by atoms with Crippen LogP contribution in [0.4, 0.5) is 15.9 Å². The van der Waals surface area contributed by atoms with E-state index in [0.717, 1.165) is 30.9 Å². The fourth-order valence-electron chi connectivity index (χ4n) is 2.03. The highest BCUT2D eigenvalue weighted by atomic mass is 32.2. The Labute approximate surface area is 129 Å². The van der Waals surface area contributed by atoms with Gasteiger partial charge in [-0.25, -0.2) is 17.8 Å². The summed E-state index contributed by atoms with van der Waals surface area (Å²) in [5.41, 5.74) is 0.926.